The summed E-state index contributed by atoms with van der Waals surface area (Å²) >= 11 is 3.10. The molecule has 1 aromatic heterocycles. The molecule has 1 unspecified atom stereocenters. The lowest BCUT2D eigenvalue weighted by molar-refractivity contribution is -0.117. The number of carbonyl (C=O) groups excluding carboxylic acids is 1. The lowest BCUT2D eigenvalue weighted by Crippen LogP contribution is -2.27. The van der Waals surface area contributed by atoms with Gasteiger partial charge in [0.1, 0.15) is 22.0 Å². The van der Waals surface area contributed by atoms with Gasteiger partial charge in [-0.3, -0.25) is 9.69 Å². The van der Waals surface area contributed by atoms with E-state index >= 15 is 0 Å². The largest absolute Gasteiger partial charge is 0.307 e. The molecule has 9 heteroatoms. The summed E-state index contributed by atoms with van der Waals surface area (Å²) in [7, 11) is -4.70. The zero-order chi connectivity index (χ0) is 12.6. The van der Waals surface area contributed by atoms with Crippen molar-refractivity contribution in [3.05, 3.63) is 17.0 Å². The monoisotopic (exact) mass is 323 g/mol. The summed E-state index contributed by atoms with van der Waals surface area (Å²) in [5.41, 5.74) is 0. The Hall–Kier alpha value is -1.09. The molecular weight excluding hydrogens is 317 g/mol. The van der Waals surface area contributed by atoms with Gasteiger partial charge in [0.25, 0.3) is 0 Å². The van der Waals surface area contributed by atoms with E-state index < -0.39 is 21.4 Å². The van der Waals surface area contributed by atoms with Crippen molar-refractivity contribution in [2.24, 2.45) is 0 Å². The Bertz CT molecular complexity index is 565. The van der Waals surface area contributed by atoms with Crippen molar-refractivity contribution >= 4 is 37.9 Å². The molecule has 0 saturated carbocycles. The van der Waals surface area contributed by atoms with E-state index in [1.807, 2.05) is 0 Å². The maximum atomic E-state index is 12.8. The van der Waals surface area contributed by atoms with E-state index in [0.29, 0.717) is 4.60 Å². The maximum Gasteiger partial charge on any atom is 0.307 e. The average molecular weight is 324 g/mol. The van der Waals surface area contributed by atoms with Crippen LogP contribution in [0.25, 0.3) is 0 Å². The lowest BCUT2D eigenvalue weighted by atomic mass is 10.4. The molecule has 1 aliphatic rings. The molecule has 1 aliphatic heterocycles. The summed E-state index contributed by atoms with van der Waals surface area (Å²) < 4.78 is 34.7. The van der Waals surface area contributed by atoms with Crippen molar-refractivity contribution in [1.29, 1.82) is 0 Å². The minimum absolute atomic E-state index is 0.221. The second kappa shape index (κ2) is 4.30. The third kappa shape index (κ3) is 2.60. The Morgan fingerprint density at radius 1 is 1.47 bits per heavy atom. The van der Waals surface area contributed by atoms with Gasteiger partial charge < -0.3 is 0 Å². The van der Waals surface area contributed by atoms with Crippen LogP contribution in [-0.4, -0.2) is 36.1 Å². The van der Waals surface area contributed by atoms with Gasteiger partial charge in [-0.25, -0.2) is 9.97 Å². The zero-order valence-electron chi connectivity index (χ0n) is 8.38. The highest BCUT2D eigenvalue weighted by molar-refractivity contribution is 9.10. The second-order valence-electron chi connectivity index (χ2n) is 3.50. The fourth-order valence-corrected chi connectivity index (χ4v) is 2.52. The Kier molecular flexibility index (Phi) is 3.13. The summed E-state index contributed by atoms with van der Waals surface area (Å²) in [5, 5.41) is -1.32. The van der Waals surface area contributed by atoms with E-state index in [4.69, 9.17) is 0 Å². The van der Waals surface area contributed by atoms with Gasteiger partial charge in [-0.15, -0.1) is 3.89 Å². The molecule has 2 rings (SSSR count). The molecule has 17 heavy (non-hydrogen) atoms. The predicted octanol–water partition coefficient (Wildman–Crippen LogP) is 0.644. The number of nitrogens with zero attached hydrogens (tertiary/aromatic N) is 3. The molecule has 0 N–H and O–H groups in total. The van der Waals surface area contributed by atoms with E-state index in [9.17, 15) is 17.1 Å². The lowest BCUT2D eigenvalue weighted by Gasteiger charge is -2.14. The molecule has 1 atom stereocenters. The van der Waals surface area contributed by atoms with Crippen LogP contribution in [0.2, 0.25) is 0 Å². The molecule has 0 aliphatic carbocycles. The van der Waals surface area contributed by atoms with Crippen LogP contribution in [0.15, 0.2) is 17.0 Å². The van der Waals surface area contributed by atoms with Gasteiger partial charge in [0.05, 0.1) is 0 Å². The summed E-state index contributed by atoms with van der Waals surface area (Å²) in [5.74, 6) is -0.218. The van der Waals surface area contributed by atoms with Gasteiger partial charge >= 0.3 is 10.2 Å². The summed E-state index contributed by atoms with van der Waals surface area (Å²) in [4.78, 5) is 20.3. The Morgan fingerprint density at radius 2 is 2.18 bits per heavy atom. The third-order valence-corrected chi connectivity index (χ3v) is 3.93. The van der Waals surface area contributed by atoms with Gasteiger partial charge in [-0.1, -0.05) is 0 Å². The molecule has 0 aromatic carbocycles. The van der Waals surface area contributed by atoms with Crippen LogP contribution in [0.5, 0.6) is 0 Å². The van der Waals surface area contributed by atoms with Crippen LogP contribution in [0.1, 0.15) is 6.42 Å². The van der Waals surface area contributed by atoms with Crippen molar-refractivity contribution in [2.45, 2.75) is 11.7 Å². The van der Waals surface area contributed by atoms with E-state index in [0.717, 1.165) is 4.90 Å². The van der Waals surface area contributed by atoms with E-state index in [2.05, 4.69) is 25.9 Å². The molecule has 1 saturated heterocycles. The molecular formula is C8H7BrFN3O3S. The van der Waals surface area contributed by atoms with Gasteiger partial charge in [-0.05, 0) is 15.9 Å². The molecule has 92 valence electrons. The fourth-order valence-electron chi connectivity index (χ4n) is 1.56. The number of rotatable bonds is 2. The van der Waals surface area contributed by atoms with Crippen molar-refractivity contribution < 1.29 is 17.1 Å². The van der Waals surface area contributed by atoms with Crippen LogP contribution >= 0.6 is 15.9 Å². The van der Waals surface area contributed by atoms with Crippen LogP contribution in [0.4, 0.5) is 9.70 Å². The van der Waals surface area contributed by atoms with Gasteiger partial charge in [0.15, 0.2) is 0 Å². The van der Waals surface area contributed by atoms with Crippen LogP contribution in [0.3, 0.4) is 0 Å². The summed E-state index contributed by atoms with van der Waals surface area (Å²) in [6, 6.07) is 1.46. The normalized spacial score (nSPS) is 20.9. The molecule has 0 bridgehead atoms. The fraction of sp³-hybridized carbons (Fsp3) is 0.375. The molecule has 1 amide bonds. The van der Waals surface area contributed by atoms with Crippen LogP contribution in [0, 0.1) is 0 Å². The highest BCUT2D eigenvalue weighted by Gasteiger charge is 2.39. The molecule has 2 heterocycles. The molecule has 6 nitrogen and oxygen atoms in total. The SMILES string of the molecule is O=C1CC(S(=O)(=O)F)CN1c1cc(Br)ncn1. The third-order valence-electron chi connectivity index (χ3n) is 2.38. The molecule has 0 radical (unpaired) electrons. The molecule has 1 aromatic rings. The first-order valence-electron chi connectivity index (χ1n) is 4.59. The minimum atomic E-state index is -4.70. The number of carbonyl (C=O) groups is 1. The quantitative estimate of drug-likeness (QED) is 0.589. The summed E-state index contributed by atoms with van der Waals surface area (Å²) in [6.07, 6.45) is 0.866. The predicted molar refractivity (Wildman–Crippen MR) is 60.5 cm³/mol. The average Bonchev–Trinajstić information content (AvgIpc) is 2.60. The van der Waals surface area contributed by atoms with Crippen molar-refractivity contribution in [3.63, 3.8) is 0 Å². The van der Waals surface area contributed by atoms with Crippen LogP contribution in [-0.2, 0) is 15.0 Å². The Labute approximate surface area is 105 Å². The smallest absolute Gasteiger partial charge is 0.295 e. The standard InChI is InChI=1S/C8H7BrFN3O3S/c9-6-2-7(12-4-11-6)13-3-5(1-8(13)14)17(10,15)16/h2,4-5H,1,3H2. The highest BCUT2D eigenvalue weighted by atomic mass is 79.9. The van der Waals surface area contributed by atoms with Crippen molar-refractivity contribution in [2.75, 3.05) is 11.4 Å². The second-order valence-corrected chi connectivity index (χ2v) is 5.94. The Balaban J connectivity index is 2.28. The molecule has 0 spiro atoms. The first-order valence-corrected chi connectivity index (χ1v) is 6.83. The topological polar surface area (TPSA) is 80.2 Å². The van der Waals surface area contributed by atoms with Crippen molar-refractivity contribution in [3.8, 4) is 0 Å². The van der Waals surface area contributed by atoms with Gasteiger partial charge in [-0.2, -0.15) is 8.42 Å². The van der Waals surface area contributed by atoms with Crippen LogP contribution < -0.4 is 4.90 Å². The zero-order valence-corrected chi connectivity index (χ0v) is 10.8. The number of aromatic nitrogens is 2. The Morgan fingerprint density at radius 3 is 2.71 bits per heavy atom. The van der Waals surface area contributed by atoms with E-state index in [1.165, 1.54) is 12.4 Å². The highest BCUT2D eigenvalue weighted by Crippen LogP contribution is 2.25. The first-order chi connectivity index (χ1) is 7.88. The van der Waals surface area contributed by atoms with E-state index in [-0.39, 0.29) is 18.8 Å². The molecule has 1 fully saturated rings. The van der Waals surface area contributed by atoms with Gasteiger partial charge in [0, 0.05) is 19.0 Å². The van der Waals surface area contributed by atoms with Crippen molar-refractivity contribution in [1.82, 2.24) is 9.97 Å². The van der Waals surface area contributed by atoms with Gasteiger partial charge in [0.2, 0.25) is 5.91 Å². The van der Waals surface area contributed by atoms with E-state index in [1.54, 1.807) is 0 Å². The maximum absolute atomic E-state index is 12.8. The number of anilines is 1. The first kappa shape index (κ1) is 12.4. The summed E-state index contributed by atoms with van der Waals surface area (Å²) in [6.45, 7) is -0.221. The minimum Gasteiger partial charge on any atom is -0.295 e. The number of hydrogen-bond acceptors (Lipinski definition) is 5. The number of hydrogen-bond donors (Lipinski definition) is 0. The number of amides is 1. The number of halogens is 2.